The van der Waals surface area contributed by atoms with Crippen LogP contribution < -0.4 is 16.0 Å². The first-order valence-corrected chi connectivity index (χ1v) is 7.42. The van der Waals surface area contributed by atoms with E-state index >= 15 is 0 Å². The molecule has 102 valence electrons. The monoisotopic (exact) mass is 391 g/mol. The van der Waals surface area contributed by atoms with Gasteiger partial charge >= 0.3 is 6.03 Å². The van der Waals surface area contributed by atoms with Gasteiger partial charge in [0, 0.05) is 11.4 Å². The Bertz CT molecular complexity index is 494. The first kappa shape index (κ1) is 15.6. The quantitative estimate of drug-likeness (QED) is 0.685. The van der Waals surface area contributed by atoms with E-state index in [0.717, 1.165) is 0 Å². The van der Waals surface area contributed by atoms with Gasteiger partial charge in [0.05, 0.1) is 10.7 Å². The van der Waals surface area contributed by atoms with E-state index in [1.807, 2.05) is 0 Å². The van der Waals surface area contributed by atoms with Crippen LogP contribution in [0, 0.1) is 0 Å². The SMILES string of the molecule is O=C(CBr)NC(=O)Nc1cccc(NC(=O)CBr)c1. The molecule has 0 unspecified atom stereocenters. The number of benzene rings is 1. The Kier molecular flexibility index (Phi) is 6.51. The maximum absolute atomic E-state index is 11.4. The Balaban J connectivity index is 2.64. The number of anilines is 2. The minimum Gasteiger partial charge on any atom is -0.325 e. The first-order chi connectivity index (χ1) is 9.05. The second-order valence-electron chi connectivity index (χ2n) is 3.40. The highest BCUT2D eigenvalue weighted by Crippen LogP contribution is 2.15. The highest BCUT2D eigenvalue weighted by Gasteiger charge is 2.07. The minimum absolute atomic E-state index is 0.0434. The fourth-order valence-electron chi connectivity index (χ4n) is 1.19. The van der Waals surface area contributed by atoms with Gasteiger partial charge in [-0.1, -0.05) is 37.9 Å². The average molecular weight is 393 g/mol. The van der Waals surface area contributed by atoms with E-state index in [2.05, 4.69) is 47.8 Å². The predicted molar refractivity (Wildman–Crippen MR) is 79.8 cm³/mol. The number of amides is 4. The molecule has 0 saturated heterocycles. The topological polar surface area (TPSA) is 87.3 Å². The molecule has 0 aliphatic carbocycles. The molecular weight excluding hydrogens is 382 g/mol. The summed E-state index contributed by atoms with van der Waals surface area (Å²) in [6.07, 6.45) is 0. The Morgan fingerprint density at radius 3 is 2.11 bits per heavy atom. The van der Waals surface area contributed by atoms with E-state index in [9.17, 15) is 14.4 Å². The van der Waals surface area contributed by atoms with Crippen LogP contribution in [-0.2, 0) is 9.59 Å². The zero-order valence-corrected chi connectivity index (χ0v) is 12.9. The van der Waals surface area contributed by atoms with Crippen molar-refractivity contribution in [1.82, 2.24) is 5.32 Å². The van der Waals surface area contributed by atoms with Crippen molar-refractivity contribution in [3.05, 3.63) is 24.3 Å². The summed E-state index contributed by atoms with van der Waals surface area (Å²) in [6.45, 7) is 0. The molecule has 6 nitrogen and oxygen atoms in total. The van der Waals surface area contributed by atoms with Gasteiger partial charge in [0.2, 0.25) is 11.8 Å². The van der Waals surface area contributed by atoms with Crippen molar-refractivity contribution < 1.29 is 14.4 Å². The van der Waals surface area contributed by atoms with Gasteiger partial charge in [0.15, 0.2) is 0 Å². The molecule has 0 aliphatic heterocycles. The van der Waals surface area contributed by atoms with E-state index in [1.54, 1.807) is 24.3 Å². The summed E-state index contributed by atoms with van der Waals surface area (Å²) in [5.41, 5.74) is 1.02. The summed E-state index contributed by atoms with van der Waals surface area (Å²) in [6, 6.07) is 5.95. The maximum atomic E-state index is 11.4. The predicted octanol–water partition coefficient (Wildman–Crippen LogP) is 2.06. The lowest BCUT2D eigenvalue weighted by Crippen LogP contribution is -2.34. The van der Waals surface area contributed by atoms with Crippen molar-refractivity contribution in [2.75, 3.05) is 21.3 Å². The van der Waals surface area contributed by atoms with Gasteiger partial charge in [-0.05, 0) is 18.2 Å². The molecule has 1 aromatic carbocycles. The Hall–Kier alpha value is -1.41. The number of carbonyl (C=O) groups is 3. The van der Waals surface area contributed by atoms with Gasteiger partial charge in [0.25, 0.3) is 0 Å². The Morgan fingerprint density at radius 1 is 0.947 bits per heavy atom. The molecule has 3 N–H and O–H groups in total. The molecule has 0 radical (unpaired) electrons. The third kappa shape index (κ3) is 5.84. The molecule has 19 heavy (non-hydrogen) atoms. The van der Waals surface area contributed by atoms with E-state index in [0.29, 0.717) is 11.4 Å². The van der Waals surface area contributed by atoms with Gasteiger partial charge in [-0.3, -0.25) is 14.9 Å². The fraction of sp³-hybridized carbons (Fsp3) is 0.182. The fourth-order valence-corrected chi connectivity index (χ4v) is 1.47. The third-order valence-corrected chi connectivity index (χ3v) is 2.92. The zero-order valence-electron chi connectivity index (χ0n) is 9.70. The molecule has 4 amide bonds. The van der Waals surface area contributed by atoms with Crippen LogP contribution in [0.25, 0.3) is 0 Å². The standard InChI is InChI=1S/C11H11Br2N3O3/c12-5-9(17)14-7-2-1-3-8(4-7)15-11(19)16-10(18)6-13/h1-4H,5-6H2,(H,14,17)(H2,15,16,18,19). The normalized spacial score (nSPS) is 9.58. The third-order valence-electron chi connectivity index (χ3n) is 1.90. The van der Waals surface area contributed by atoms with Crippen molar-refractivity contribution in [3.63, 3.8) is 0 Å². The first-order valence-electron chi connectivity index (χ1n) is 5.18. The van der Waals surface area contributed by atoms with Crippen LogP contribution in [0.3, 0.4) is 0 Å². The number of hydrogen-bond donors (Lipinski definition) is 3. The lowest BCUT2D eigenvalue weighted by atomic mass is 10.3. The maximum Gasteiger partial charge on any atom is 0.325 e. The summed E-state index contributed by atoms with van der Waals surface area (Å²) in [5, 5.41) is 7.46. The molecule has 0 spiro atoms. The smallest absolute Gasteiger partial charge is 0.325 e. The highest BCUT2D eigenvalue weighted by molar-refractivity contribution is 9.09. The number of imide groups is 1. The van der Waals surface area contributed by atoms with Crippen molar-refractivity contribution in [2.45, 2.75) is 0 Å². The van der Waals surface area contributed by atoms with Crippen LogP contribution in [0.5, 0.6) is 0 Å². The van der Waals surface area contributed by atoms with Gasteiger partial charge in [-0.25, -0.2) is 4.79 Å². The number of urea groups is 1. The van der Waals surface area contributed by atoms with Crippen LogP contribution in [0.1, 0.15) is 0 Å². The minimum atomic E-state index is -0.631. The zero-order chi connectivity index (χ0) is 14.3. The second kappa shape index (κ2) is 7.90. The number of nitrogens with one attached hydrogen (secondary N) is 3. The van der Waals surface area contributed by atoms with Crippen LogP contribution in [-0.4, -0.2) is 28.5 Å². The van der Waals surface area contributed by atoms with Crippen LogP contribution in [0.4, 0.5) is 16.2 Å². The number of alkyl halides is 2. The van der Waals surface area contributed by atoms with Gasteiger partial charge in [-0.2, -0.15) is 0 Å². The molecule has 0 atom stereocenters. The molecule has 1 aromatic rings. The van der Waals surface area contributed by atoms with E-state index in [1.165, 1.54) is 0 Å². The van der Waals surface area contributed by atoms with Crippen molar-refractivity contribution in [2.24, 2.45) is 0 Å². The van der Waals surface area contributed by atoms with Crippen molar-refractivity contribution in [3.8, 4) is 0 Å². The molecule has 0 aliphatic rings. The van der Waals surface area contributed by atoms with Crippen LogP contribution in [0.15, 0.2) is 24.3 Å². The molecule has 1 rings (SSSR count). The van der Waals surface area contributed by atoms with E-state index in [4.69, 9.17) is 0 Å². The van der Waals surface area contributed by atoms with Crippen molar-refractivity contribution >= 4 is 61.1 Å². The molecular formula is C11H11Br2N3O3. The molecule has 0 heterocycles. The number of carbonyl (C=O) groups excluding carboxylic acids is 3. The lowest BCUT2D eigenvalue weighted by molar-refractivity contribution is -0.117. The van der Waals surface area contributed by atoms with Crippen LogP contribution >= 0.6 is 31.9 Å². The Labute approximate surface area is 126 Å². The summed E-state index contributed by atoms with van der Waals surface area (Å²) in [4.78, 5) is 33.6. The molecule has 8 heteroatoms. The summed E-state index contributed by atoms with van der Waals surface area (Å²) >= 11 is 5.96. The lowest BCUT2D eigenvalue weighted by Gasteiger charge is -2.08. The van der Waals surface area contributed by atoms with Gasteiger partial charge < -0.3 is 10.6 Å². The van der Waals surface area contributed by atoms with Gasteiger partial charge in [0.1, 0.15) is 0 Å². The van der Waals surface area contributed by atoms with Crippen LogP contribution in [0.2, 0.25) is 0 Å². The molecule has 0 bridgehead atoms. The Morgan fingerprint density at radius 2 is 1.53 bits per heavy atom. The largest absolute Gasteiger partial charge is 0.325 e. The van der Waals surface area contributed by atoms with E-state index < -0.39 is 11.9 Å². The second-order valence-corrected chi connectivity index (χ2v) is 4.52. The summed E-state index contributed by atoms with van der Waals surface area (Å²) in [7, 11) is 0. The van der Waals surface area contributed by atoms with Crippen molar-refractivity contribution in [1.29, 1.82) is 0 Å². The van der Waals surface area contributed by atoms with Gasteiger partial charge in [-0.15, -0.1) is 0 Å². The molecule has 0 saturated carbocycles. The van der Waals surface area contributed by atoms with E-state index in [-0.39, 0.29) is 16.6 Å². The average Bonchev–Trinajstić information content (AvgIpc) is 2.38. The molecule has 0 aromatic heterocycles. The molecule has 0 fully saturated rings. The summed E-state index contributed by atoms with van der Waals surface area (Å²) < 4.78 is 0. The highest BCUT2D eigenvalue weighted by atomic mass is 79.9. The number of halogens is 2. The number of rotatable bonds is 4. The summed E-state index contributed by atoms with van der Waals surface area (Å²) in [5.74, 6) is -0.641. The number of hydrogen-bond acceptors (Lipinski definition) is 3.